The number of aromatic nitrogens is 1. The maximum atomic E-state index is 13.9. The number of carbonyl (C=O) groups excluding carboxylic acids is 1. The summed E-state index contributed by atoms with van der Waals surface area (Å²) < 4.78 is 13.5. The molecule has 0 saturated carbocycles. The molecule has 0 fully saturated rings. The van der Waals surface area contributed by atoms with Gasteiger partial charge in [-0.3, -0.25) is 9.36 Å². The van der Waals surface area contributed by atoms with Crippen LogP contribution in [0, 0.1) is 13.8 Å². The van der Waals surface area contributed by atoms with Gasteiger partial charge in [-0.25, -0.2) is 9.79 Å². The average Bonchev–Trinajstić information content (AvgIpc) is 3.24. The van der Waals surface area contributed by atoms with Crippen molar-refractivity contribution in [1.82, 2.24) is 4.57 Å². The second kappa shape index (κ2) is 12.5. The van der Waals surface area contributed by atoms with E-state index in [0.717, 1.165) is 33.6 Å². The molecule has 4 aromatic rings. The third-order valence-corrected chi connectivity index (χ3v) is 8.82. The number of hydrogen-bond acceptors (Lipinski definition) is 6. The van der Waals surface area contributed by atoms with E-state index < -0.39 is 12.0 Å². The summed E-state index contributed by atoms with van der Waals surface area (Å²) in [6.07, 6.45) is 1.84. The lowest BCUT2D eigenvalue weighted by molar-refractivity contribution is -0.139. The molecule has 0 unspecified atom stereocenters. The highest BCUT2D eigenvalue weighted by Crippen LogP contribution is 2.32. The molecule has 1 aromatic heterocycles. The van der Waals surface area contributed by atoms with Crippen molar-refractivity contribution in [2.45, 2.75) is 40.3 Å². The molecule has 0 saturated heterocycles. The maximum absolute atomic E-state index is 13.9. The Morgan fingerprint density at radius 3 is 2.33 bits per heavy atom. The van der Waals surface area contributed by atoms with E-state index in [1.165, 1.54) is 11.3 Å². The first kappa shape index (κ1) is 30.1. The lowest BCUT2D eigenvalue weighted by Crippen LogP contribution is -2.39. The van der Waals surface area contributed by atoms with Crippen LogP contribution in [-0.4, -0.2) is 17.1 Å². The van der Waals surface area contributed by atoms with Gasteiger partial charge in [0.15, 0.2) is 4.80 Å². The first-order valence-electron chi connectivity index (χ1n) is 13.2. The minimum absolute atomic E-state index is 0.208. The number of rotatable bonds is 7. The summed E-state index contributed by atoms with van der Waals surface area (Å²) in [5.41, 5.74) is 4.93. The van der Waals surface area contributed by atoms with E-state index in [1.807, 2.05) is 50.3 Å². The monoisotopic (exact) mass is 640 g/mol. The number of allylic oxidation sites excluding steroid dienone is 1. The van der Waals surface area contributed by atoms with Crippen LogP contribution in [0.15, 0.2) is 75.7 Å². The van der Waals surface area contributed by atoms with E-state index >= 15 is 0 Å². The van der Waals surface area contributed by atoms with Crippen molar-refractivity contribution in [3.05, 3.63) is 128 Å². The van der Waals surface area contributed by atoms with Gasteiger partial charge in [0.05, 0.1) is 38.5 Å². The number of esters is 1. The number of fused-ring (bicyclic) bond motifs is 1. The van der Waals surface area contributed by atoms with Gasteiger partial charge >= 0.3 is 5.97 Å². The van der Waals surface area contributed by atoms with Crippen molar-refractivity contribution in [3.63, 3.8) is 0 Å². The Balaban J connectivity index is 1.54. The molecule has 0 spiro atoms. The second-order valence-corrected chi connectivity index (χ2v) is 12.1. The highest BCUT2D eigenvalue weighted by atomic mass is 35.5. The largest absolute Gasteiger partial charge is 0.488 e. The summed E-state index contributed by atoms with van der Waals surface area (Å²) in [6, 6.07) is 15.8. The molecule has 0 radical (unpaired) electrons. The molecule has 0 bridgehead atoms. The molecule has 5 rings (SSSR count). The standard InChI is InChI=1S/C32H27Cl3N2O4S/c1-5-40-31(39)27-19(4)36-32-37(28(27)22-7-9-23(33)10-8-22)30(38)26(42-32)15-21-12-17(2)29(18(3)13-21)41-16-20-6-11-24(34)25(35)14-20/h6-15,28H,5,16H2,1-4H3/b26-15-/t28-/m1/s1. The van der Waals surface area contributed by atoms with Crippen molar-refractivity contribution in [2.75, 3.05) is 6.61 Å². The third-order valence-electron chi connectivity index (χ3n) is 6.85. The van der Waals surface area contributed by atoms with E-state index in [1.54, 1.807) is 42.7 Å². The Hall–Kier alpha value is -3.36. The van der Waals surface area contributed by atoms with Gasteiger partial charge < -0.3 is 9.47 Å². The highest BCUT2D eigenvalue weighted by Gasteiger charge is 2.33. The molecule has 1 atom stereocenters. The van der Waals surface area contributed by atoms with E-state index in [9.17, 15) is 9.59 Å². The van der Waals surface area contributed by atoms with Gasteiger partial charge in [0.1, 0.15) is 12.4 Å². The lowest BCUT2D eigenvalue weighted by atomic mass is 9.96. The molecule has 3 aromatic carbocycles. The first-order valence-corrected chi connectivity index (χ1v) is 15.2. The van der Waals surface area contributed by atoms with Crippen molar-refractivity contribution in [2.24, 2.45) is 4.99 Å². The smallest absolute Gasteiger partial charge is 0.338 e. The van der Waals surface area contributed by atoms with Crippen LogP contribution in [0.3, 0.4) is 0 Å². The second-order valence-electron chi connectivity index (χ2n) is 9.87. The zero-order chi connectivity index (χ0) is 30.1. The molecule has 1 aliphatic heterocycles. The molecule has 0 N–H and O–H groups in total. The Labute approximate surface area is 262 Å². The fraction of sp³-hybridized carbons (Fsp3) is 0.219. The zero-order valence-electron chi connectivity index (χ0n) is 23.3. The summed E-state index contributed by atoms with van der Waals surface area (Å²) in [5.74, 6) is 0.257. The van der Waals surface area contributed by atoms with Crippen molar-refractivity contribution >= 4 is 58.2 Å². The van der Waals surface area contributed by atoms with Crippen molar-refractivity contribution in [3.8, 4) is 5.75 Å². The SMILES string of the molecule is CCOC(=O)C1=C(C)N=c2s/c(=C\c3cc(C)c(OCc4ccc(Cl)c(Cl)c4)c(C)c3)c(=O)n2[C@@H]1c1ccc(Cl)cc1. The molecule has 0 aliphatic carbocycles. The van der Waals surface area contributed by atoms with Crippen LogP contribution in [0.5, 0.6) is 5.75 Å². The van der Waals surface area contributed by atoms with Gasteiger partial charge in [0.25, 0.3) is 5.56 Å². The number of benzene rings is 3. The third kappa shape index (κ3) is 6.06. The predicted octanol–water partition coefficient (Wildman–Crippen LogP) is 6.95. The number of ether oxygens (including phenoxy) is 2. The minimum atomic E-state index is -0.694. The van der Waals surface area contributed by atoms with Crippen LogP contribution in [0.4, 0.5) is 0 Å². The summed E-state index contributed by atoms with van der Waals surface area (Å²) in [5, 5.41) is 1.53. The normalized spacial score (nSPS) is 14.9. The van der Waals surface area contributed by atoms with Crippen LogP contribution in [-0.2, 0) is 16.1 Å². The van der Waals surface area contributed by atoms with Gasteiger partial charge in [-0.15, -0.1) is 0 Å². The molecule has 216 valence electrons. The zero-order valence-corrected chi connectivity index (χ0v) is 26.4. The van der Waals surface area contributed by atoms with Gasteiger partial charge in [0.2, 0.25) is 0 Å². The fourth-order valence-corrected chi connectivity index (χ4v) is 6.48. The molecular weight excluding hydrogens is 615 g/mol. The molecule has 6 nitrogen and oxygen atoms in total. The average molecular weight is 642 g/mol. The highest BCUT2D eigenvalue weighted by molar-refractivity contribution is 7.07. The number of thiazole rings is 1. The number of nitrogens with zero attached hydrogens (tertiary/aromatic N) is 2. The maximum Gasteiger partial charge on any atom is 0.338 e. The molecule has 10 heteroatoms. The quantitative estimate of drug-likeness (QED) is 0.205. The van der Waals surface area contributed by atoms with Crippen LogP contribution >= 0.6 is 46.1 Å². The molecule has 2 heterocycles. The summed E-state index contributed by atoms with van der Waals surface area (Å²) in [7, 11) is 0. The molecule has 1 aliphatic rings. The molecule has 42 heavy (non-hydrogen) atoms. The van der Waals surface area contributed by atoms with E-state index in [0.29, 0.717) is 42.3 Å². The van der Waals surface area contributed by atoms with Gasteiger partial charge in [-0.05, 0) is 98.0 Å². The number of halogens is 3. The Morgan fingerprint density at radius 2 is 1.69 bits per heavy atom. The first-order chi connectivity index (χ1) is 20.1. The van der Waals surface area contributed by atoms with Crippen LogP contribution in [0.2, 0.25) is 15.1 Å². The van der Waals surface area contributed by atoms with Crippen LogP contribution in [0.1, 0.15) is 47.7 Å². The lowest BCUT2D eigenvalue weighted by Gasteiger charge is -2.24. The van der Waals surface area contributed by atoms with Crippen molar-refractivity contribution in [1.29, 1.82) is 0 Å². The molecule has 0 amide bonds. The summed E-state index contributed by atoms with van der Waals surface area (Å²) in [6.45, 7) is 7.98. The van der Waals surface area contributed by atoms with Gasteiger partial charge in [0, 0.05) is 5.02 Å². The molecular formula is C32H27Cl3N2O4S. The summed E-state index contributed by atoms with van der Waals surface area (Å²) in [4.78, 5) is 32.1. The van der Waals surface area contributed by atoms with Crippen molar-refractivity contribution < 1.29 is 14.3 Å². The van der Waals surface area contributed by atoms with Gasteiger partial charge in [-0.2, -0.15) is 0 Å². The predicted molar refractivity (Wildman–Crippen MR) is 169 cm³/mol. The number of carbonyl (C=O) groups is 1. The Kier molecular flexibility index (Phi) is 8.94. The minimum Gasteiger partial charge on any atom is -0.488 e. The number of hydrogen-bond donors (Lipinski definition) is 0. The van der Waals surface area contributed by atoms with Gasteiger partial charge in [-0.1, -0.05) is 64.3 Å². The summed E-state index contributed by atoms with van der Waals surface area (Å²) >= 11 is 19.6. The fourth-order valence-electron chi connectivity index (χ4n) is 4.98. The Bertz CT molecular complexity index is 1890. The van der Waals surface area contributed by atoms with E-state index in [-0.39, 0.29) is 12.2 Å². The van der Waals surface area contributed by atoms with Crippen LogP contribution in [0.25, 0.3) is 6.08 Å². The topological polar surface area (TPSA) is 69.9 Å². The van der Waals surface area contributed by atoms with Crippen LogP contribution < -0.4 is 19.6 Å². The number of aryl methyl sites for hydroxylation is 2. The Morgan fingerprint density at radius 1 is 1.00 bits per heavy atom. The van der Waals surface area contributed by atoms with E-state index in [4.69, 9.17) is 44.3 Å². The van der Waals surface area contributed by atoms with E-state index in [2.05, 4.69) is 4.99 Å².